The maximum absolute atomic E-state index is 11.9. The van der Waals surface area contributed by atoms with Gasteiger partial charge in [0.2, 0.25) is 0 Å². The standard InChI is InChI=1S/C18H22N2O4/c1-3-23-17-10-5-4-9-16(17)20-18(21)19-11-12-24-15-8-6-7-14(13-15)22-2/h4-10,13H,3,11-12H2,1-2H3,(H2,19,20,21). The number of carbonyl (C=O) groups is 1. The summed E-state index contributed by atoms with van der Waals surface area (Å²) in [7, 11) is 1.60. The van der Waals surface area contributed by atoms with Crippen molar-refractivity contribution in [3.8, 4) is 17.2 Å². The van der Waals surface area contributed by atoms with Gasteiger partial charge in [-0.25, -0.2) is 4.79 Å². The molecule has 0 unspecified atom stereocenters. The minimum absolute atomic E-state index is 0.309. The molecular weight excluding hydrogens is 308 g/mol. The molecule has 24 heavy (non-hydrogen) atoms. The summed E-state index contributed by atoms with van der Waals surface area (Å²) in [5.41, 5.74) is 0.630. The summed E-state index contributed by atoms with van der Waals surface area (Å²) in [6.45, 7) is 3.16. The first-order chi connectivity index (χ1) is 11.7. The maximum atomic E-state index is 11.9. The molecule has 0 aliphatic rings. The van der Waals surface area contributed by atoms with Crippen molar-refractivity contribution in [1.29, 1.82) is 0 Å². The molecule has 0 spiro atoms. The van der Waals surface area contributed by atoms with Crippen LogP contribution in [-0.2, 0) is 0 Å². The molecule has 0 fully saturated rings. The predicted molar refractivity (Wildman–Crippen MR) is 93.1 cm³/mol. The van der Waals surface area contributed by atoms with Gasteiger partial charge in [0.1, 0.15) is 23.9 Å². The van der Waals surface area contributed by atoms with E-state index in [4.69, 9.17) is 14.2 Å². The van der Waals surface area contributed by atoms with Crippen molar-refractivity contribution in [3.63, 3.8) is 0 Å². The molecule has 0 aliphatic carbocycles. The summed E-state index contributed by atoms with van der Waals surface area (Å²) in [5, 5.41) is 5.50. The summed E-state index contributed by atoms with van der Waals surface area (Å²) in [6.07, 6.45) is 0. The van der Waals surface area contributed by atoms with Gasteiger partial charge in [0, 0.05) is 6.07 Å². The summed E-state index contributed by atoms with van der Waals surface area (Å²) < 4.78 is 16.2. The highest BCUT2D eigenvalue weighted by Crippen LogP contribution is 2.23. The van der Waals surface area contributed by atoms with Crippen molar-refractivity contribution in [1.82, 2.24) is 5.32 Å². The van der Waals surface area contributed by atoms with Crippen LogP contribution in [-0.4, -0.2) is 32.9 Å². The van der Waals surface area contributed by atoms with E-state index in [1.54, 1.807) is 19.2 Å². The first-order valence-electron chi connectivity index (χ1n) is 7.76. The van der Waals surface area contributed by atoms with E-state index in [1.165, 1.54) is 0 Å². The van der Waals surface area contributed by atoms with Gasteiger partial charge in [-0.15, -0.1) is 0 Å². The number of amides is 2. The Balaban J connectivity index is 1.75. The lowest BCUT2D eigenvalue weighted by Gasteiger charge is -2.12. The zero-order chi connectivity index (χ0) is 17.2. The Morgan fingerprint density at radius 2 is 1.83 bits per heavy atom. The Morgan fingerprint density at radius 3 is 2.62 bits per heavy atom. The van der Waals surface area contributed by atoms with E-state index >= 15 is 0 Å². The Bertz CT molecular complexity index is 661. The van der Waals surface area contributed by atoms with Crippen LogP contribution in [0.15, 0.2) is 48.5 Å². The second-order valence-electron chi connectivity index (χ2n) is 4.84. The normalized spacial score (nSPS) is 9.92. The second-order valence-corrected chi connectivity index (χ2v) is 4.84. The highest BCUT2D eigenvalue weighted by molar-refractivity contribution is 5.90. The molecule has 0 aliphatic heterocycles. The van der Waals surface area contributed by atoms with Gasteiger partial charge < -0.3 is 24.8 Å². The van der Waals surface area contributed by atoms with E-state index in [-0.39, 0.29) is 6.03 Å². The molecular formula is C18H22N2O4. The number of anilines is 1. The van der Waals surface area contributed by atoms with Crippen LogP contribution in [0.2, 0.25) is 0 Å². The van der Waals surface area contributed by atoms with Gasteiger partial charge in [-0.3, -0.25) is 0 Å². The molecule has 0 heterocycles. The second kappa shape index (κ2) is 9.29. The number of benzene rings is 2. The number of urea groups is 1. The molecule has 0 saturated carbocycles. The number of carbonyl (C=O) groups excluding carboxylic acids is 1. The third-order valence-electron chi connectivity index (χ3n) is 3.13. The minimum atomic E-state index is -0.309. The third-order valence-corrected chi connectivity index (χ3v) is 3.13. The largest absolute Gasteiger partial charge is 0.497 e. The molecule has 0 atom stereocenters. The van der Waals surface area contributed by atoms with E-state index in [0.29, 0.717) is 36.9 Å². The lowest BCUT2D eigenvalue weighted by Crippen LogP contribution is -2.32. The molecule has 2 aromatic carbocycles. The van der Waals surface area contributed by atoms with E-state index in [1.807, 2.05) is 43.3 Å². The van der Waals surface area contributed by atoms with Crippen molar-refractivity contribution in [2.24, 2.45) is 0 Å². The van der Waals surface area contributed by atoms with Crippen LogP contribution in [0.1, 0.15) is 6.92 Å². The molecule has 0 radical (unpaired) electrons. The van der Waals surface area contributed by atoms with Crippen molar-refractivity contribution < 1.29 is 19.0 Å². The van der Waals surface area contributed by atoms with Gasteiger partial charge in [-0.2, -0.15) is 0 Å². The van der Waals surface area contributed by atoms with Gasteiger partial charge in [0.15, 0.2) is 0 Å². The lowest BCUT2D eigenvalue weighted by molar-refractivity contribution is 0.247. The average Bonchev–Trinajstić information content (AvgIpc) is 2.61. The highest BCUT2D eigenvalue weighted by atomic mass is 16.5. The Kier molecular flexibility index (Phi) is 6.76. The number of para-hydroxylation sites is 2. The third kappa shape index (κ3) is 5.39. The highest BCUT2D eigenvalue weighted by Gasteiger charge is 2.06. The van der Waals surface area contributed by atoms with Crippen molar-refractivity contribution in [3.05, 3.63) is 48.5 Å². The molecule has 2 rings (SSSR count). The van der Waals surface area contributed by atoms with Gasteiger partial charge in [-0.05, 0) is 31.2 Å². The number of hydrogen-bond donors (Lipinski definition) is 2. The Morgan fingerprint density at radius 1 is 1.04 bits per heavy atom. The number of nitrogens with one attached hydrogen (secondary N) is 2. The van der Waals surface area contributed by atoms with Crippen molar-refractivity contribution in [2.75, 3.05) is 32.2 Å². The molecule has 128 valence electrons. The van der Waals surface area contributed by atoms with Gasteiger partial charge in [0.25, 0.3) is 0 Å². The number of hydrogen-bond acceptors (Lipinski definition) is 4. The summed E-state index contributed by atoms with van der Waals surface area (Å²) >= 11 is 0. The van der Waals surface area contributed by atoms with Crippen LogP contribution >= 0.6 is 0 Å². The fraction of sp³-hybridized carbons (Fsp3) is 0.278. The van der Waals surface area contributed by atoms with Gasteiger partial charge >= 0.3 is 6.03 Å². The zero-order valence-corrected chi connectivity index (χ0v) is 13.9. The molecule has 0 saturated heterocycles. The molecule has 2 N–H and O–H groups in total. The summed E-state index contributed by atoms with van der Waals surface area (Å²) in [4.78, 5) is 11.9. The first-order valence-corrected chi connectivity index (χ1v) is 7.76. The Labute approximate surface area is 141 Å². The van der Waals surface area contributed by atoms with E-state index in [0.717, 1.165) is 5.75 Å². The molecule has 2 amide bonds. The van der Waals surface area contributed by atoms with Crippen LogP contribution < -0.4 is 24.8 Å². The van der Waals surface area contributed by atoms with Crippen molar-refractivity contribution in [2.45, 2.75) is 6.92 Å². The quantitative estimate of drug-likeness (QED) is 0.729. The molecule has 0 aromatic heterocycles. The summed E-state index contributed by atoms with van der Waals surface area (Å²) in [5.74, 6) is 2.06. The average molecular weight is 330 g/mol. The summed E-state index contributed by atoms with van der Waals surface area (Å²) in [6, 6.07) is 14.3. The number of methoxy groups -OCH3 is 1. The SMILES string of the molecule is CCOc1ccccc1NC(=O)NCCOc1cccc(OC)c1. The molecule has 0 bridgehead atoms. The lowest BCUT2D eigenvalue weighted by atomic mass is 10.3. The number of rotatable bonds is 8. The monoisotopic (exact) mass is 330 g/mol. The van der Waals surface area contributed by atoms with Crippen LogP contribution in [0.25, 0.3) is 0 Å². The molecule has 6 heteroatoms. The van der Waals surface area contributed by atoms with E-state index < -0.39 is 0 Å². The van der Waals surface area contributed by atoms with Gasteiger partial charge in [-0.1, -0.05) is 18.2 Å². The maximum Gasteiger partial charge on any atom is 0.319 e. The van der Waals surface area contributed by atoms with Crippen LogP contribution in [0.3, 0.4) is 0 Å². The van der Waals surface area contributed by atoms with E-state index in [9.17, 15) is 4.79 Å². The van der Waals surface area contributed by atoms with Crippen molar-refractivity contribution >= 4 is 11.7 Å². The Hall–Kier alpha value is -2.89. The predicted octanol–water partition coefficient (Wildman–Crippen LogP) is 3.29. The van der Waals surface area contributed by atoms with Gasteiger partial charge in [0.05, 0.1) is 25.9 Å². The van der Waals surface area contributed by atoms with Crippen LogP contribution in [0.5, 0.6) is 17.2 Å². The fourth-order valence-electron chi connectivity index (χ4n) is 2.04. The van der Waals surface area contributed by atoms with Crippen LogP contribution in [0.4, 0.5) is 10.5 Å². The van der Waals surface area contributed by atoms with Crippen LogP contribution in [0, 0.1) is 0 Å². The first kappa shape index (κ1) is 17.5. The smallest absolute Gasteiger partial charge is 0.319 e. The fourth-order valence-corrected chi connectivity index (χ4v) is 2.04. The molecule has 6 nitrogen and oxygen atoms in total. The van der Waals surface area contributed by atoms with E-state index in [2.05, 4.69) is 10.6 Å². The zero-order valence-electron chi connectivity index (χ0n) is 13.9. The minimum Gasteiger partial charge on any atom is -0.497 e. The number of ether oxygens (including phenoxy) is 3. The molecule has 2 aromatic rings. The topological polar surface area (TPSA) is 68.8 Å².